The molecule has 1 heterocycles. The van der Waals surface area contributed by atoms with E-state index in [1.54, 1.807) is 89.2 Å². The highest BCUT2D eigenvalue weighted by Crippen LogP contribution is 2.60. The van der Waals surface area contributed by atoms with Crippen LogP contribution in [0.5, 0.6) is 0 Å². The maximum absolute atomic E-state index is 14.5. The van der Waals surface area contributed by atoms with Gasteiger partial charge in [-0.05, 0) is 49.8 Å². The average molecular weight is 546 g/mol. The maximum atomic E-state index is 14.5. The fourth-order valence-electron chi connectivity index (χ4n) is 5.00. The highest BCUT2D eigenvalue weighted by atomic mass is 19.4. The summed E-state index contributed by atoms with van der Waals surface area (Å²) in [6.07, 6.45) is -3.68. The molecule has 0 bridgehead atoms. The number of ether oxygens (including phenoxy) is 2. The minimum atomic E-state index is -4.71. The van der Waals surface area contributed by atoms with E-state index in [0.29, 0.717) is 16.5 Å². The first kappa shape index (κ1) is 28.4. The van der Waals surface area contributed by atoms with Crippen LogP contribution in [0, 0.1) is 17.3 Å². The normalized spacial score (nSPS) is 19.2. The predicted octanol–water partition coefficient (Wildman–Crippen LogP) is 7.22. The lowest BCUT2D eigenvalue weighted by atomic mass is 10.1. The second kappa shape index (κ2) is 10.2. The third-order valence-corrected chi connectivity index (χ3v) is 6.97. The molecule has 1 aliphatic rings. The Kier molecular flexibility index (Phi) is 7.40. The summed E-state index contributed by atoms with van der Waals surface area (Å²) in [4.78, 5) is 25.0. The number of benzene rings is 2. The van der Waals surface area contributed by atoms with E-state index in [1.165, 1.54) is 4.57 Å². The molecule has 0 spiro atoms. The first-order chi connectivity index (χ1) is 18.1. The maximum Gasteiger partial charge on any atom is 0.431 e. The molecule has 3 aromatic rings. The van der Waals surface area contributed by atoms with E-state index < -0.39 is 59.1 Å². The summed E-state index contributed by atoms with van der Waals surface area (Å²) in [5, 5.41) is 0.330. The average Bonchev–Trinajstić information content (AvgIpc) is 3.22. The van der Waals surface area contributed by atoms with Crippen molar-refractivity contribution in [1.82, 2.24) is 4.57 Å². The second-order valence-corrected chi connectivity index (χ2v) is 11.4. The molecule has 5 nitrogen and oxygen atoms in total. The molecule has 0 N–H and O–H groups in total. The molecule has 1 fully saturated rings. The molecule has 39 heavy (non-hydrogen) atoms. The van der Waals surface area contributed by atoms with Crippen LogP contribution in [-0.2, 0) is 38.4 Å². The summed E-state index contributed by atoms with van der Waals surface area (Å²) >= 11 is 0. The van der Waals surface area contributed by atoms with E-state index in [1.807, 2.05) is 0 Å². The zero-order valence-electron chi connectivity index (χ0n) is 22.4. The van der Waals surface area contributed by atoms with Crippen LogP contribution in [0.25, 0.3) is 10.9 Å². The summed E-state index contributed by atoms with van der Waals surface area (Å²) in [5.41, 5.74) is -1.61. The number of fused-ring (bicyclic) bond motifs is 1. The minimum Gasteiger partial charge on any atom is -0.460 e. The van der Waals surface area contributed by atoms with Gasteiger partial charge in [0.15, 0.2) is 0 Å². The van der Waals surface area contributed by atoms with E-state index in [2.05, 4.69) is 0 Å². The predicted molar refractivity (Wildman–Crippen MR) is 138 cm³/mol. The monoisotopic (exact) mass is 545 g/mol. The van der Waals surface area contributed by atoms with Gasteiger partial charge in [-0.3, -0.25) is 4.79 Å². The van der Waals surface area contributed by atoms with Crippen LogP contribution in [0.15, 0.2) is 66.5 Å². The van der Waals surface area contributed by atoms with Gasteiger partial charge in [0.25, 0.3) is 0 Å². The van der Waals surface area contributed by atoms with Crippen LogP contribution in [-0.4, -0.2) is 22.1 Å². The third-order valence-electron chi connectivity index (χ3n) is 6.97. The van der Waals surface area contributed by atoms with E-state index in [0.717, 1.165) is 6.08 Å². The number of aromatic nitrogens is 1. The zero-order valence-corrected chi connectivity index (χ0v) is 22.4. The van der Waals surface area contributed by atoms with Crippen molar-refractivity contribution in [3.63, 3.8) is 0 Å². The SMILES string of the molecule is CC(C)(C)OC(=O)/C(F)=C\[C@@H]1[C@@H](C(=O)OCc2c(C(F)(F)F)n(Cc3ccccc3)c3ccccc23)C1(C)C. The molecule has 1 saturated carbocycles. The Morgan fingerprint density at radius 1 is 1.00 bits per heavy atom. The Hall–Kier alpha value is -3.62. The number of hydrogen-bond acceptors (Lipinski definition) is 4. The Morgan fingerprint density at radius 2 is 1.62 bits per heavy atom. The van der Waals surface area contributed by atoms with Crippen molar-refractivity contribution in [2.75, 3.05) is 0 Å². The van der Waals surface area contributed by atoms with Crippen LogP contribution < -0.4 is 0 Å². The molecule has 0 amide bonds. The quantitative estimate of drug-likeness (QED) is 0.179. The van der Waals surface area contributed by atoms with E-state index in [4.69, 9.17) is 9.47 Å². The molecule has 1 aliphatic carbocycles. The number of hydrogen-bond donors (Lipinski definition) is 0. The Bertz CT molecular complexity index is 1410. The summed E-state index contributed by atoms with van der Waals surface area (Å²) < 4.78 is 69.4. The molecule has 0 radical (unpaired) electrons. The first-order valence-electron chi connectivity index (χ1n) is 12.6. The first-order valence-corrected chi connectivity index (χ1v) is 12.6. The summed E-state index contributed by atoms with van der Waals surface area (Å²) in [5.74, 6) is -4.51. The van der Waals surface area contributed by atoms with Gasteiger partial charge in [0.1, 0.15) is 17.9 Å². The van der Waals surface area contributed by atoms with E-state index in [-0.39, 0.29) is 12.1 Å². The molecular formula is C30H31F4NO4. The Balaban J connectivity index is 1.60. The van der Waals surface area contributed by atoms with Gasteiger partial charge in [-0.25, -0.2) is 4.79 Å². The van der Waals surface area contributed by atoms with Gasteiger partial charge in [0, 0.05) is 23.0 Å². The van der Waals surface area contributed by atoms with Crippen molar-refractivity contribution in [2.45, 2.75) is 59.5 Å². The highest BCUT2D eigenvalue weighted by Gasteiger charge is 2.62. The lowest BCUT2D eigenvalue weighted by Gasteiger charge is -2.18. The standard InChI is InChI=1S/C30H31F4NO4/c1-28(2,3)39-26(36)22(31)15-21-24(29(21,4)5)27(37)38-17-20-19-13-9-10-14-23(19)35(25(20)30(32,33)34)16-18-11-7-6-8-12-18/h6-15,21,24H,16-17H2,1-5H3/b22-15+/t21-,24+/m1/s1. The van der Waals surface area contributed by atoms with Gasteiger partial charge < -0.3 is 14.0 Å². The van der Waals surface area contributed by atoms with Gasteiger partial charge in [0.05, 0.1) is 5.92 Å². The minimum absolute atomic E-state index is 0.0173. The van der Waals surface area contributed by atoms with Crippen molar-refractivity contribution < 1.29 is 36.6 Å². The Labute approximate surface area is 224 Å². The molecular weight excluding hydrogens is 514 g/mol. The molecule has 2 aromatic carbocycles. The lowest BCUT2D eigenvalue weighted by molar-refractivity contribution is -0.152. The second-order valence-electron chi connectivity index (χ2n) is 11.4. The van der Waals surface area contributed by atoms with E-state index in [9.17, 15) is 27.2 Å². The molecule has 2 atom stereocenters. The number of esters is 2. The number of rotatable bonds is 7. The molecule has 0 unspecified atom stereocenters. The molecule has 9 heteroatoms. The molecule has 1 aromatic heterocycles. The van der Waals surface area contributed by atoms with Crippen molar-refractivity contribution in [3.05, 3.63) is 83.3 Å². The number of alkyl halides is 3. The van der Waals surface area contributed by atoms with Crippen LogP contribution in [0.1, 0.15) is 51.4 Å². The van der Waals surface area contributed by atoms with Gasteiger partial charge in [-0.2, -0.15) is 17.6 Å². The number of para-hydroxylation sites is 1. The molecule has 0 saturated heterocycles. The number of allylic oxidation sites excluding steroid dienone is 1. The smallest absolute Gasteiger partial charge is 0.431 e. The van der Waals surface area contributed by atoms with E-state index >= 15 is 0 Å². The third kappa shape index (κ3) is 6.02. The van der Waals surface area contributed by atoms with Gasteiger partial charge >= 0.3 is 18.1 Å². The number of carbonyl (C=O) groups is 2. The van der Waals surface area contributed by atoms with Crippen LogP contribution >= 0.6 is 0 Å². The lowest BCUT2D eigenvalue weighted by Crippen LogP contribution is -2.24. The van der Waals surface area contributed by atoms with Crippen molar-refractivity contribution in [1.29, 1.82) is 0 Å². The van der Waals surface area contributed by atoms with Crippen molar-refractivity contribution in [3.8, 4) is 0 Å². The van der Waals surface area contributed by atoms with Crippen LogP contribution in [0.4, 0.5) is 17.6 Å². The molecule has 0 aliphatic heterocycles. The number of nitrogens with zero attached hydrogens (tertiary/aromatic N) is 1. The fraction of sp³-hybridized carbons (Fsp3) is 0.400. The summed E-state index contributed by atoms with van der Waals surface area (Å²) in [6.45, 7) is 7.59. The van der Waals surface area contributed by atoms with Crippen molar-refractivity contribution in [2.24, 2.45) is 17.3 Å². The zero-order chi connectivity index (χ0) is 28.8. The molecule has 4 rings (SSSR count). The summed E-state index contributed by atoms with van der Waals surface area (Å²) in [7, 11) is 0. The highest BCUT2D eigenvalue weighted by molar-refractivity contribution is 5.88. The van der Waals surface area contributed by atoms with Crippen molar-refractivity contribution >= 4 is 22.8 Å². The fourth-order valence-corrected chi connectivity index (χ4v) is 5.00. The van der Waals surface area contributed by atoms with Crippen LogP contribution in [0.3, 0.4) is 0 Å². The number of halogens is 4. The van der Waals surface area contributed by atoms with Gasteiger partial charge in [-0.1, -0.05) is 62.4 Å². The van der Waals surface area contributed by atoms with Gasteiger partial charge in [0.2, 0.25) is 5.83 Å². The topological polar surface area (TPSA) is 57.5 Å². The molecule has 208 valence electrons. The largest absolute Gasteiger partial charge is 0.460 e. The summed E-state index contributed by atoms with van der Waals surface area (Å²) in [6, 6.07) is 15.2. The van der Waals surface area contributed by atoms with Crippen LogP contribution in [0.2, 0.25) is 0 Å². The Morgan fingerprint density at radius 3 is 2.23 bits per heavy atom. The number of carbonyl (C=O) groups excluding carboxylic acids is 2. The van der Waals surface area contributed by atoms with Gasteiger partial charge in [-0.15, -0.1) is 0 Å².